The van der Waals surface area contributed by atoms with Crippen LogP contribution in [0.5, 0.6) is 0 Å². The quantitative estimate of drug-likeness (QED) is 0.711. The third kappa shape index (κ3) is 3.58. The molecule has 1 aromatic carbocycles. The summed E-state index contributed by atoms with van der Waals surface area (Å²) >= 11 is 0. The first-order valence-corrected chi connectivity index (χ1v) is 10.4. The normalized spacial score (nSPS) is 15.5. The van der Waals surface area contributed by atoms with Gasteiger partial charge in [0.2, 0.25) is 0 Å². The van der Waals surface area contributed by atoms with Crippen LogP contribution in [0.15, 0.2) is 30.6 Å². The molecule has 148 valence electrons. The Morgan fingerprint density at radius 3 is 2.71 bits per heavy atom. The molecule has 0 saturated carbocycles. The Balaban J connectivity index is 1.38. The lowest BCUT2D eigenvalue weighted by molar-refractivity contribution is 0.0685. The summed E-state index contributed by atoms with van der Waals surface area (Å²) in [6.07, 6.45) is 8.24. The van der Waals surface area contributed by atoms with E-state index in [-0.39, 0.29) is 5.91 Å². The first-order chi connectivity index (χ1) is 13.6. The molecule has 0 aliphatic carbocycles. The van der Waals surface area contributed by atoms with E-state index in [0.29, 0.717) is 5.92 Å². The zero-order valence-corrected chi connectivity index (χ0v) is 17.2. The molecule has 28 heavy (non-hydrogen) atoms. The molecule has 0 spiro atoms. The van der Waals surface area contributed by atoms with E-state index in [1.54, 1.807) is 0 Å². The number of piperidine rings is 1. The lowest BCUT2D eigenvalue weighted by atomic mass is 9.93. The minimum atomic E-state index is 0.171. The molecule has 0 unspecified atom stereocenters. The van der Waals surface area contributed by atoms with Crippen molar-refractivity contribution < 1.29 is 4.79 Å². The number of amides is 1. The van der Waals surface area contributed by atoms with Crippen molar-refractivity contribution in [1.29, 1.82) is 0 Å². The highest BCUT2D eigenvalue weighted by Crippen LogP contribution is 2.26. The first-order valence-electron chi connectivity index (χ1n) is 10.4. The molecule has 1 aliphatic rings. The van der Waals surface area contributed by atoms with E-state index >= 15 is 0 Å². The van der Waals surface area contributed by atoms with Gasteiger partial charge in [0.05, 0.1) is 0 Å². The summed E-state index contributed by atoms with van der Waals surface area (Å²) in [6.45, 7) is 9.08. The number of rotatable bonds is 5. The molecule has 0 atom stereocenters. The van der Waals surface area contributed by atoms with Crippen LogP contribution in [0.2, 0.25) is 0 Å². The number of hydrogen-bond acceptors (Lipinski definition) is 2. The molecule has 1 fully saturated rings. The van der Waals surface area contributed by atoms with Crippen molar-refractivity contribution in [1.82, 2.24) is 19.4 Å². The van der Waals surface area contributed by atoms with Gasteiger partial charge in [-0.1, -0.05) is 6.92 Å². The number of aromatic amines is 1. The van der Waals surface area contributed by atoms with E-state index in [9.17, 15) is 4.79 Å². The predicted octanol–water partition coefficient (Wildman–Crippen LogP) is 4.49. The smallest absolute Gasteiger partial charge is 0.253 e. The van der Waals surface area contributed by atoms with Crippen molar-refractivity contribution in [3.05, 3.63) is 53.2 Å². The Morgan fingerprint density at radius 2 is 2.04 bits per heavy atom. The molecule has 3 aromatic rings. The predicted molar refractivity (Wildman–Crippen MR) is 113 cm³/mol. The maximum atomic E-state index is 13.0. The van der Waals surface area contributed by atoms with E-state index in [0.717, 1.165) is 62.2 Å². The molecule has 2 aromatic heterocycles. The molecule has 4 rings (SSSR count). The van der Waals surface area contributed by atoms with Gasteiger partial charge in [0, 0.05) is 54.2 Å². The van der Waals surface area contributed by atoms with E-state index in [1.807, 2.05) is 24.1 Å². The monoisotopic (exact) mass is 378 g/mol. The van der Waals surface area contributed by atoms with Crippen LogP contribution >= 0.6 is 0 Å². The van der Waals surface area contributed by atoms with E-state index in [2.05, 4.69) is 46.7 Å². The number of fused-ring (bicyclic) bond motifs is 1. The minimum absolute atomic E-state index is 0.171. The number of carbonyl (C=O) groups is 1. The van der Waals surface area contributed by atoms with E-state index in [1.165, 1.54) is 16.6 Å². The summed E-state index contributed by atoms with van der Waals surface area (Å²) in [5.41, 5.74) is 4.46. The summed E-state index contributed by atoms with van der Waals surface area (Å²) in [7, 11) is 0. The Kier molecular flexibility index (Phi) is 5.25. The van der Waals surface area contributed by atoms with Gasteiger partial charge < -0.3 is 14.5 Å². The van der Waals surface area contributed by atoms with Gasteiger partial charge in [0.1, 0.15) is 5.82 Å². The maximum absolute atomic E-state index is 13.0. The van der Waals surface area contributed by atoms with Crippen molar-refractivity contribution in [2.45, 2.75) is 53.0 Å². The summed E-state index contributed by atoms with van der Waals surface area (Å²) in [6, 6.07) is 6.08. The molecule has 0 bridgehead atoms. The third-order valence-corrected chi connectivity index (χ3v) is 6.37. The summed E-state index contributed by atoms with van der Waals surface area (Å²) in [5.74, 6) is 1.94. The second kappa shape index (κ2) is 7.82. The Bertz CT molecular complexity index is 976. The summed E-state index contributed by atoms with van der Waals surface area (Å²) < 4.78 is 2.22. The van der Waals surface area contributed by atoms with Crippen molar-refractivity contribution in [2.24, 2.45) is 5.92 Å². The highest BCUT2D eigenvalue weighted by Gasteiger charge is 2.24. The molecule has 5 nitrogen and oxygen atoms in total. The Labute approximate surface area is 166 Å². The van der Waals surface area contributed by atoms with Gasteiger partial charge in [-0.05, 0) is 69.2 Å². The highest BCUT2D eigenvalue weighted by atomic mass is 16.2. The van der Waals surface area contributed by atoms with E-state index < -0.39 is 0 Å². The molecule has 1 N–H and O–H groups in total. The molecular weight excluding hydrogens is 348 g/mol. The zero-order chi connectivity index (χ0) is 19.7. The number of hydrogen-bond donors (Lipinski definition) is 1. The average Bonchev–Trinajstić information content (AvgIpc) is 3.28. The first kappa shape index (κ1) is 18.8. The molecule has 5 heteroatoms. The highest BCUT2D eigenvalue weighted by molar-refractivity contribution is 5.99. The second-order valence-electron chi connectivity index (χ2n) is 8.03. The molecule has 1 aliphatic heterocycles. The number of benzene rings is 1. The maximum Gasteiger partial charge on any atom is 0.253 e. The standard InChI is InChI=1S/C23H30N4O/c1-4-21-16(2)20-15-19(5-6-22(20)25-21)23(28)27-12-8-18(9-13-27)7-11-26-14-10-24-17(26)3/h5-6,10,14-15,18,25H,4,7-9,11-13H2,1-3H3. The SMILES string of the molecule is CCc1[nH]c2ccc(C(=O)N3CCC(CCn4ccnc4C)CC3)cc2c1C. The van der Waals surface area contributed by atoms with Crippen LogP contribution in [-0.4, -0.2) is 38.4 Å². The van der Waals surface area contributed by atoms with Crippen molar-refractivity contribution in [3.8, 4) is 0 Å². The number of carbonyl (C=O) groups excluding carboxylic acids is 1. The van der Waals surface area contributed by atoms with Crippen molar-refractivity contribution >= 4 is 16.8 Å². The third-order valence-electron chi connectivity index (χ3n) is 6.37. The topological polar surface area (TPSA) is 53.9 Å². The lowest BCUT2D eigenvalue weighted by Crippen LogP contribution is -2.38. The van der Waals surface area contributed by atoms with Gasteiger partial charge >= 0.3 is 0 Å². The lowest BCUT2D eigenvalue weighted by Gasteiger charge is -2.32. The molecule has 1 saturated heterocycles. The van der Waals surface area contributed by atoms with Crippen LogP contribution in [-0.2, 0) is 13.0 Å². The minimum Gasteiger partial charge on any atom is -0.358 e. The van der Waals surface area contributed by atoms with Crippen LogP contribution in [0.25, 0.3) is 10.9 Å². The van der Waals surface area contributed by atoms with Gasteiger partial charge in [0.25, 0.3) is 5.91 Å². The van der Waals surface area contributed by atoms with Gasteiger partial charge in [0.15, 0.2) is 0 Å². The fraction of sp³-hybridized carbons (Fsp3) is 0.478. The Morgan fingerprint density at radius 1 is 1.25 bits per heavy atom. The molecular formula is C23H30N4O. The number of imidazole rings is 1. The number of aryl methyl sites for hydroxylation is 4. The van der Waals surface area contributed by atoms with Crippen molar-refractivity contribution in [2.75, 3.05) is 13.1 Å². The average molecular weight is 379 g/mol. The molecule has 1 amide bonds. The van der Waals surface area contributed by atoms with Crippen LogP contribution in [0, 0.1) is 19.8 Å². The summed E-state index contributed by atoms with van der Waals surface area (Å²) in [4.78, 5) is 22.8. The number of aromatic nitrogens is 3. The van der Waals surface area contributed by atoms with Gasteiger partial charge in [-0.15, -0.1) is 0 Å². The van der Waals surface area contributed by atoms with Crippen LogP contribution in [0.1, 0.15) is 53.6 Å². The fourth-order valence-electron chi connectivity index (χ4n) is 4.44. The van der Waals surface area contributed by atoms with Gasteiger partial charge in [-0.3, -0.25) is 4.79 Å². The largest absolute Gasteiger partial charge is 0.358 e. The van der Waals surface area contributed by atoms with Crippen molar-refractivity contribution in [3.63, 3.8) is 0 Å². The summed E-state index contributed by atoms with van der Waals surface area (Å²) in [5, 5.41) is 1.17. The number of nitrogens with one attached hydrogen (secondary N) is 1. The van der Waals surface area contributed by atoms with Crippen LogP contribution in [0.4, 0.5) is 0 Å². The Hall–Kier alpha value is -2.56. The zero-order valence-electron chi connectivity index (χ0n) is 17.2. The molecule has 3 heterocycles. The van der Waals surface area contributed by atoms with E-state index in [4.69, 9.17) is 0 Å². The number of likely N-dealkylation sites (tertiary alicyclic amines) is 1. The van der Waals surface area contributed by atoms with Crippen LogP contribution < -0.4 is 0 Å². The van der Waals surface area contributed by atoms with Gasteiger partial charge in [-0.25, -0.2) is 4.98 Å². The van der Waals surface area contributed by atoms with Gasteiger partial charge in [-0.2, -0.15) is 0 Å². The number of H-pyrrole nitrogens is 1. The molecule has 0 radical (unpaired) electrons. The fourth-order valence-corrected chi connectivity index (χ4v) is 4.44. The van der Waals surface area contributed by atoms with Crippen LogP contribution in [0.3, 0.4) is 0 Å². The second-order valence-corrected chi connectivity index (χ2v) is 8.03. The number of nitrogens with zero attached hydrogens (tertiary/aromatic N) is 3.